The number of hydrogen-bond donors (Lipinski definition) is 1. The average Bonchev–Trinajstić information content (AvgIpc) is 3.11. The quantitative estimate of drug-likeness (QED) is 0.918. The molecule has 1 aromatic heterocycles. The summed E-state index contributed by atoms with van der Waals surface area (Å²) in [6.45, 7) is 2.87. The molecule has 1 radical (unpaired) electrons. The van der Waals surface area contributed by atoms with Crippen LogP contribution in [0.4, 0.5) is 0 Å². The molecular weight excluding hydrogens is 288 g/mol. The smallest absolute Gasteiger partial charge is 0.108 e. The first-order valence-electron chi connectivity index (χ1n) is 8.17. The number of nitrogens with zero attached hydrogens (tertiary/aromatic N) is 5. The Hall–Kier alpha value is -2.23. The molecule has 2 saturated heterocycles. The fourth-order valence-electron chi connectivity index (χ4n) is 3.78. The molecule has 0 saturated carbocycles. The molecular formula is C17H19N6. The Balaban J connectivity index is 1.67. The van der Waals surface area contributed by atoms with Crippen LogP contribution in [-0.4, -0.2) is 46.0 Å². The van der Waals surface area contributed by atoms with E-state index in [-0.39, 0.29) is 0 Å². The Morgan fingerprint density at radius 3 is 2.91 bits per heavy atom. The SMILES string of the molecule is N#Cc1ccc(-c2[nH]nnc2[C@H]2CCC[C@H]3C[N]CCN32)cc1. The molecule has 0 aliphatic carbocycles. The van der Waals surface area contributed by atoms with Crippen molar-refractivity contribution in [3.8, 4) is 17.3 Å². The first-order valence-corrected chi connectivity index (χ1v) is 8.17. The number of piperidine rings is 1. The Labute approximate surface area is 135 Å². The van der Waals surface area contributed by atoms with Crippen LogP contribution in [-0.2, 0) is 0 Å². The number of fused-ring (bicyclic) bond motifs is 1. The molecule has 6 heteroatoms. The van der Waals surface area contributed by atoms with Gasteiger partial charge in [0, 0.05) is 31.2 Å². The van der Waals surface area contributed by atoms with E-state index in [2.05, 4.69) is 31.7 Å². The lowest BCUT2D eigenvalue weighted by Crippen LogP contribution is -2.52. The second-order valence-corrected chi connectivity index (χ2v) is 6.23. The van der Waals surface area contributed by atoms with Crippen LogP contribution in [0.25, 0.3) is 11.3 Å². The molecule has 4 rings (SSSR count). The number of aromatic amines is 1. The summed E-state index contributed by atoms with van der Waals surface area (Å²) in [6.07, 6.45) is 3.55. The maximum Gasteiger partial charge on any atom is 0.108 e. The van der Waals surface area contributed by atoms with E-state index in [0.717, 1.165) is 43.0 Å². The van der Waals surface area contributed by atoms with Gasteiger partial charge >= 0.3 is 0 Å². The van der Waals surface area contributed by atoms with Gasteiger partial charge in [-0.25, -0.2) is 5.32 Å². The van der Waals surface area contributed by atoms with Gasteiger partial charge in [0.25, 0.3) is 0 Å². The highest BCUT2D eigenvalue weighted by Crippen LogP contribution is 2.37. The van der Waals surface area contributed by atoms with E-state index in [9.17, 15) is 0 Å². The minimum atomic E-state index is 0.314. The second kappa shape index (κ2) is 6.11. The van der Waals surface area contributed by atoms with Crippen molar-refractivity contribution in [3.05, 3.63) is 35.5 Å². The zero-order valence-electron chi connectivity index (χ0n) is 12.9. The molecule has 3 heterocycles. The topological polar surface area (TPSA) is 82.7 Å². The second-order valence-electron chi connectivity index (χ2n) is 6.23. The molecule has 2 aliphatic heterocycles. The largest absolute Gasteiger partial charge is 0.289 e. The monoisotopic (exact) mass is 307 g/mol. The van der Waals surface area contributed by atoms with Gasteiger partial charge in [-0.05, 0) is 31.4 Å². The summed E-state index contributed by atoms with van der Waals surface area (Å²) in [5.41, 5.74) is 3.70. The molecule has 23 heavy (non-hydrogen) atoms. The lowest BCUT2D eigenvalue weighted by molar-refractivity contribution is 0.0586. The van der Waals surface area contributed by atoms with Gasteiger partial charge in [0.2, 0.25) is 0 Å². The normalized spacial score (nSPS) is 24.8. The van der Waals surface area contributed by atoms with E-state index in [1.165, 1.54) is 12.8 Å². The van der Waals surface area contributed by atoms with Gasteiger partial charge in [-0.15, -0.1) is 5.10 Å². The van der Waals surface area contributed by atoms with E-state index in [1.54, 1.807) is 0 Å². The van der Waals surface area contributed by atoms with Crippen LogP contribution in [0.5, 0.6) is 0 Å². The van der Waals surface area contributed by atoms with Crippen molar-refractivity contribution in [2.75, 3.05) is 19.6 Å². The number of benzene rings is 1. The van der Waals surface area contributed by atoms with Gasteiger partial charge in [-0.1, -0.05) is 17.3 Å². The standard InChI is InChI=1S/C17H19N6/c18-10-12-4-6-13(7-5-12)16-17(21-22-20-16)15-3-1-2-14-11-19-8-9-23(14)15/h4-7,14-15H,1-3,8-9,11H2,(H,20,21,22)/t14-,15+/m0/s1. The molecule has 0 spiro atoms. The van der Waals surface area contributed by atoms with Crippen molar-refractivity contribution < 1.29 is 0 Å². The van der Waals surface area contributed by atoms with Crippen LogP contribution in [0.2, 0.25) is 0 Å². The lowest BCUT2D eigenvalue weighted by Gasteiger charge is -2.44. The molecule has 0 amide bonds. The fourth-order valence-corrected chi connectivity index (χ4v) is 3.78. The molecule has 0 bridgehead atoms. The summed E-state index contributed by atoms with van der Waals surface area (Å²) in [6, 6.07) is 10.6. The molecule has 0 unspecified atom stereocenters. The van der Waals surface area contributed by atoms with Crippen molar-refractivity contribution in [1.82, 2.24) is 25.6 Å². The third-order valence-corrected chi connectivity index (χ3v) is 4.93. The fraction of sp³-hybridized carbons (Fsp3) is 0.471. The highest BCUT2D eigenvalue weighted by atomic mass is 15.4. The number of hydrogen-bond acceptors (Lipinski definition) is 4. The van der Waals surface area contributed by atoms with E-state index < -0.39 is 0 Å². The predicted octanol–water partition coefficient (Wildman–Crippen LogP) is 1.86. The van der Waals surface area contributed by atoms with Crippen molar-refractivity contribution in [1.29, 1.82) is 5.26 Å². The lowest BCUT2D eigenvalue weighted by atomic mass is 9.90. The van der Waals surface area contributed by atoms with Gasteiger partial charge in [0.05, 0.1) is 23.4 Å². The van der Waals surface area contributed by atoms with Crippen molar-refractivity contribution >= 4 is 0 Å². The number of nitriles is 1. The van der Waals surface area contributed by atoms with Gasteiger partial charge in [-0.3, -0.25) is 10.00 Å². The molecule has 1 N–H and O–H groups in total. The zero-order chi connectivity index (χ0) is 15.6. The first kappa shape index (κ1) is 14.4. The number of H-pyrrole nitrogens is 1. The average molecular weight is 307 g/mol. The molecule has 2 atom stereocenters. The third kappa shape index (κ3) is 2.62. The van der Waals surface area contributed by atoms with Gasteiger partial charge < -0.3 is 0 Å². The predicted molar refractivity (Wildman–Crippen MR) is 85.5 cm³/mol. The summed E-state index contributed by atoms with van der Waals surface area (Å²) < 4.78 is 0. The minimum absolute atomic E-state index is 0.314. The maximum absolute atomic E-state index is 8.95. The van der Waals surface area contributed by atoms with E-state index in [4.69, 9.17) is 5.26 Å². The third-order valence-electron chi connectivity index (χ3n) is 4.93. The highest BCUT2D eigenvalue weighted by molar-refractivity contribution is 5.62. The minimum Gasteiger partial charge on any atom is -0.289 e. The van der Waals surface area contributed by atoms with Crippen molar-refractivity contribution in [2.24, 2.45) is 0 Å². The molecule has 2 aromatic rings. The molecule has 1 aromatic carbocycles. The van der Waals surface area contributed by atoms with Gasteiger partial charge in [0.15, 0.2) is 0 Å². The van der Waals surface area contributed by atoms with Crippen LogP contribution >= 0.6 is 0 Å². The Kier molecular flexibility index (Phi) is 3.82. The highest BCUT2D eigenvalue weighted by Gasteiger charge is 2.36. The molecule has 2 fully saturated rings. The van der Waals surface area contributed by atoms with Crippen LogP contribution in [0.15, 0.2) is 24.3 Å². The summed E-state index contributed by atoms with van der Waals surface area (Å²) in [7, 11) is 0. The maximum atomic E-state index is 8.95. The number of piperazine rings is 1. The first-order chi connectivity index (χ1) is 11.4. The zero-order valence-corrected chi connectivity index (χ0v) is 12.9. The number of aromatic nitrogens is 3. The van der Waals surface area contributed by atoms with Crippen LogP contribution in [0.1, 0.15) is 36.6 Å². The number of rotatable bonds is 2. The van der Waals surface area contributed by atoms with Crippen LogP contribution in [0.3, 0.4) is 0 Å². The molecule has 6 nitrogen and oxygen atoms in total. The van der Waals surface area contributed by atoms with Crippen molar-refractivity contribution in [2.45, 2.75) is 31.3 Å². The summed E-state index contributed by atoms with van der Waals surface area (Å²) in [4.78, 5) is 2.56. The van der Waals surface area contributed by atoms with E-state index in [1.807, 2.05) is 24.3 Å². The Bertz CT molecular complexity index is 711. The van der Waals surface area contributed by atoms with E-state index in [0.29, 0.717) is 17.6 Å². The molecule has 117 valence electrons. The van der Waals surface area contributed by atoms with Gasteiger partial charge in [0.1, 0.15) is 5.69 Å². The van der Waals surface area contributed by atoms with Crippen LogP contribution in [0, 0.1) is 11.3 Å². The molecule has 2 aliphatic rings. The van der Waals surface area contributed by atoms with Crippen molar-refractivity contribution in [3.63, 3.8) is 0 Å². The summed E-state index contributed by atoms with van der Waals surface area (Å²) in [5.74, 6) is 0. The summed E-state index contributed by atoms with van der Waals surface area (Å²) >= 11 is 0. The Morgan fingerprint density at radius 2 is 2.09 bits per heavy atom. The Morgan fingerprint density at radius 1 is 1.22 bits per heavy atom. The van der Waals surface area contributed by atoms with Gasteiger partial charge in [-0.2, -0.15) is 5.26 Å². The van der Waals surface area contributed by atoms with Crippen LogP contribution < -0.4 is 5.32 Å². The van der Waals surface area contributed by atoms with E-state index >= 15 is 0 Å². The summed E-state index contributed by atoms with van der Waals surface area (Å²) in [5, 5.41) is 25.0. The number of nitrogens with one attached hydrogen (secondary N) is 1.